The van der Waals surface area contributed by atoms with E-state index >= 15 is 0 Å². The molecule has 0 saturated carbocycles. The van der Waals surface area contributed by atoms with Crippen LogP contribution in [0.25, 0.3) is 0 Å². The van der Waals surface area contributed by atoms with Crippen molar-refractivity contribution >= 4 is 37.8 Å². The second-order valence-electron chi connectivity index (χ2n) is 2.29. The van der Waals surface area contributed by atoms with Crippen LogP contribution in [-0.2, 0) is 9.53 Å². The number of alkyl halides is 6. The zero-order valence-electron chi connectivity index (χ0n) is 6.65. The Kier molecular flexibility index (Phi) is 5.96. The number of carbonyl (C=O) groups is 1. The van der Waals surface area contributed by atoms with E-state index in [2.05, 4.69) is 36.6 Å². The molecule has 0 aliphatic carbocycles. The molecule has 0 spiro atoms. The molecule has 0 aliphatic heterocycles. The normalized spacial score (nSPS) is 14.2. The van der Waals surface area contributed by atoms with Crippen LogP contribution in [0.15, 0.2) is 0 Å². The van der Waals surface area contributed by atoms with Crippen LogP contribution in [0.4, 0.5) is 17.6 Å². The summed E-state index contributed by atoms with van der Waals surface area (Å²) in [7, 11) is 0. The smallest absolute Gasteiger partial charge is 0.340 e. The van der Waals surface area contributed by atoms with Gasteiger partial charge in [0.2, 0.25) is 0 Å². The fourth-order valence-corrected chi connectivity index (χ4v) is 0.780. The zero-order valence-corrected chi connectivity index (χ0v) is 9.83. The summed E-state index contributed by atoms with van der Waals surface area (Å²) in [6, 6.07) is 0. The third-order valence-corrected chi connectivity index (χ3v) is 3.33. The maximum absolute atomic E-state index is 12.2. The number of ether oxygens (including phenoxy) is 1. The van der Waals surface area contributed by atoms with E-state index in [0.29, 0.717) is 0 Å². The SMILES string of the molecule is O=C(OCC(F)(F)C(F)F)[C@H](Br)CBr. The molecule has 14 heavy (non-hydrogen) atoms. The van der Waals surface area contributed by atoms with Crippen LogP contribution in [0, 0.1) is 0 Å². The van der Waals surface area contributed by atoms with E-state index in [1.54, 1.807) is 0 Å². The van der Waals surface area contributed by atoms with E-state index in [-0.39, 0.29) is 5.33 Å². The molecule has 0 saturated heterocycles. The van der Waals surface area contributed by atoms with Gasteiger partial charge in [0.05, 0.1) is 0 Å². The molecule has 0 aromatic carbocycles. The summed E-state index contributed by atoms with van der Waals surface area (Å²) >= 11 is 5.67. The minimum atomic E-state index is -4.30. The molecule has 0 aliphatic rings. The molecular weight excluding hydrogens is 340 g/mol. The van der Waals surface area contributed by atoms with Crippen LogP contribution in [0.2, 0.25) is 0 Å². The number of hydrogen-bond donors (Lipinski definition) is 0. The van der Waals surface area contributed by atoms with E-state index in [1.807, 2.05) is 0 Å². The Hall–Kier alpha value is 0.150. The third-order valence-electron chi connectivity index (χ3n) is 1.12. The minimum Gasteiger partial charge on any atom is -0.458 e. The standard InChI is InChI=1S/C6H6Br2F4O2/c7-1-3(8)4(13)14-2-6(11,12)5(9)10/h3,5H,1-2H2/t3-/m1/s1. The number of halogens is 6. The molecule has 0 radical (unpaired) electrons. The van der Waals surface area contributed by atoms with Gasteiger partial charge in [-0.15, -0.1) is 0 Å². The van der Waals surface area contributed by atoms with Gasteiger partial charge in [-0.2, -0.15) is 8.78 Å². The lowest BCUT2D eigenvalue weighted by molar-refractivity contribution is -0.178. The van der Waals surface area contributed by atoms with Crippen LogP contribution in [0.3, 0.4) is 0 Å². The van der Waals surface area contributed by atoms with Gasteiger partial charge >= 0.3 is 18.3 Å². The molecule has 84 valence electrons. The maximum Gasteiger partial charge on any atom is 0.340 e. The summed E-state index contributed by atoms with van der Waals surface area (Å²) in [6.45, 7) is -1.61. The topological polar surface area (TPSA) is 26.3 Å². The number of esters is 1. The van der Waals surface area contributed by atoms with Gasteiger partial charge in [0.25, 0.3) is 0 Å². The highest BCUT2D eigenvalue weighted by Gasteiger charge is 2.42. The highest BCUT2D eigenvalue weighted by Crippen LogP contribution is 2.23. The summed E-state index contributed by atoms with van der Waals surface area (Å²) in [4.78, 5) is 9.94. The first-order valence-corrected chi connectivity index (χ1v) is 5.37. The summed E-state index contributed by atoms with van der Waals surface area (Å²) in [5, 5.41) is 0.145. The summed E-state index contributed by atoms with van der Waals surface area (Å²) in [5.74, 6) is -5.31. The second kappa shape index (κ2) is 5.89. The van der Waals surface area contributed by atoms with Crippen LogP contribution in [-0.4, -0.2) is 35.1 Å². The van der Waals surface area contributed by atoms with Crippen LogP contribution >= 0.6 is 31.9 Å². The largest absolute Gasteiger partial charge is 0.458 e. The van der Waals surface area contributed by atoms with Gasteiger partial charge < -0.3 is 4.74 Å². The lowest BCUT2D eigenvalue weighted by Crippen LogP contribution is -2.35. The zero-order chi connectivity index (χ0) is 11.4. The quantitative estimate of drug-likeness (QED) is 0.435. The molecule has 1 atom stereocenters. The second-order valence-corrected chi connectivity index (χ2v) is 4.04. The molecule has 0 aromatic heterocycles. The maximum atomic E-state index is 12.2. The Bertz CT molecular complexity index is 200. The molecule has 0 heterocycles. The van der Waals surface area contributed by atoms with Crippen LogP contribution in [0.5, 0.6) is 0 Å². The van der Waals surface area contributed by atoms with Gasteiger partial charge in [-0.05, 0) is 0 Å². The van der Waals surface area contributed by atoms with Crippen LogP contribution in [0.1, 0.15) is 0 Å². The molecule has 0 aromatic rings. The Labute approximate surface area is 94.2 Å². The van der Waals surface area contributed by atoms with Crippen LogP contribution < -0.4 is 0 Å². The van der Waals surface area contributed by atoms with Gasteiger partial charge in [-0.3, -0.25) is 4.79 Å². The molecule has 2 nitrogen and oxygen atoms in total. The lowest BCUT2D eigenvalue weighted by Gasteiger charge is -2.15. The summed E-state index contributed by atoms with van der Waals surface area (Å²) < 4.78 is 51.6. The highest BCUT2D eigenvalue weighted by molar-refractivity contribution is 9.12. The van der Waals surface area contributed by atoms with Crippen molar-refractivity contribution in [2.75, 3.05) is 11.9 Å². The monoisotopic (exact) mass is 344 g/mol. The Morgan fingerprint density at radius 3 is 2.29 bits per heavy atom. The van der Waals surface area contributed by atoms with Crippen molar-refractivity contribution in [1.29, 1.82) is 0 Å². The Morgan fingerprint density at radius 2 is 1.93 bits per heavy atom. The molecule has 0 fully saturated rings. The van der Waals surface area contributed by atoms with Gasteiger partial charge in [-0.1, -0.05) is 31.9 Å². The minimum absolute atomic E-state index is 0.145. The van der Waals surface area contributed by atoms with Crippen molar-refractivity contribution in [2.45, 2.75) is 17.2 Å². The predicted molar refractivity (Wildman–Crippen MR) is 48.4 cm³/mol. The average Bonchev–Trinajstić information content (AvgIpc) is 2.12. The van der Waals surface area contributed by atoms with Crippen molar-refractivity contribution in [2.24, 2.45) is 0 Å². The summed E-state index contributed by atoms with van der Waals surface area (Å²) in [6.07, 6.45) is -3.84. The van der Waals surface area contributed by atoms with Gasteiger partial charge in [0.15, 0.2) is 6.61 Å². The molecule has 0 N–H and O–H groups in total. The van der Waals surface area contributed by atoms with Gasteiger partial charge in [0.1, 0.15) is 4.83 Å². The molecular formula is C6H6Br2F4O2. The van der Waals surface area contributed by atoms with Gasteiger partial charge in [0, 0.05) is 5.33 Å². The first-order chi connectivity index (χ1) is 6.31. The highest BCUT2D eigenvalue weighted by atomic mass is 79.9. The van der Waals surface area contributed by atoms with Crippen molar-refractivity contribution in [3.8, 4) is 0 Å². The van der Waals surface area contributed by atoms with E-state index in [9.17, 15) is 22.4 Å². The van der Waals surface area contributed by atoms with Crippen molar-refractivity contribution in [1.82, 2.24) is 0 Å². The fourth-order valence-electron chi connectivity index (χ4n) is 0.384. The van der Waals surface area contributed by atoms with E-state index in [4.69, 9.17) is 0 Å². The van der Waals surface area contributed by atoms with Crippen molar-refractivity contribution in [3.63, 3.8) is 0 Å². The average molecular weight is 346 g/mol. The predicted octanol–water partition coefficient (Wildman–Crippen LogP) is 2.59. The number of carbonyl (C=O) groups excluding carboxylic acids is 1. The molecule has 0 bridgehead atoms. The fraction of sp³-hybridized carbons (Fsp3) is 0.833. The Balaban J connectivity index is 4.00. The van der Waals surface area contributed by atoms with Crippen molar-refractivity contribution in [3.05, 3.63) is 0 Å². The third kappa shape index (κ3) is 4.59. The van der Waals surface area contributed by atoms with E-state index in [1.165, 1.54) is 0 Å². The molecule has 0 rings (SSSR count). The summed E-state index contributed by atoms with van der Waals surface area (Å²) in [5.41, 5.74) is 0. The number of hydrogen-bond acceptors (Lipinski definition) is 2. The molecule has 8 heteroatoms. The van der Waals surface area contributed by atoms with Crippen molar-refractivity contribution < 1.29 is 27.1 Å². The van der Waals surface area contributed by atoms with E-state index in [0.717, 1.165) is 0 Å². The first kappa shape index (κ1) is 14.2. The van der Waals surface area contributed by atoms with Gasteiger partial charge in [-0.25, -0.2) is 8.78 Å². The first-order valence-electron chi connectivity index (χ1n) is 3.34. The Morgan fingerprint density at radius 1 is 1.43 bits per heavy atom. The molecule has 0 amide bonds. The number of rotatable bonds is 5. The van der Waals surface area contributed by atoms with E-state index < -0.39 is 29.8 Å². The molecule has 0 unspecified atom stereocenters. The lowest BCUT2D eigenvalue weighted by atomic mass is 10.4.